The van der Waals surface area contributed by atoms with Gasteiger partial charge in [0, 0.05) is 32.2 Å². The average molecular weight is 339 g/mol. The van der Waals surface area contributed by atoms with Crippen LogP contribution in [0, 0.1) is 0 Å². The van der Waals surface area contributed by atoms with Crippen LogP contribution < -0.4 is 0 Å². The number of aryl methyl sites for hydroxylation is 1. The highest BCUT2D eigenvalue weighted by molar-refractivity contribution is 5.93. The number of aromatic nitrogens is 4. The summed E-state index contributed by atoms with van der Waals surface area (Å²) in [5, 5.41) is 13.6. The number of nitrogens with zero attached hydrogens (tertiary/aromatic N) is 5. The minimum Gasteiger partial charge on any atom is -0.395 e. The van der Waals surface area contributed by atoms with E-state index in [1.54, 1.807) is 28.2 Å². The fraction of sp³-hybridized carbons (Fsp3) is 0.278. The summed E-state index contributed by atoms with van der Waals surface area (Å²) in [6.07, 6.45) is 6.82. The van der Waals surface area contributed by atoms with Crippen LogP contribution in [0.15, 0.2) is 55.1 Å². The van der Waals surface area contributed by atoms with E-state index >= 15 is 0 Å². The largest absolute Gasteiger partial charge is 0.395 e. The van der Waals surface area contributed by atoms with Crippen molar-refractivity contribution in [1.29, 1.82) is 0 Å². The number of aliphatic hydroxyl groups is 1. The molecule has 130 valence electrons. The van der Waals surface area contributed by atoms with Crippen LogP contribution in [0.5, 0.6) is 0 Å². The number of carbonyl (C=O) groups is 1. The molecule has 0 radical (unpaired) electrons. The molecule has 0 aliphatic rings. The Morgan fingerprint density at radius 1 is 1.28 bits per heavy atom. The van der Waals surface area contributed by atoms with E-state index in [1.165, 1.54) is 0 Å². The van der Waals surface area contributed by atoms with Gasteiger partial charge in [-0.3, -0.25) is 9.48 Å². The van der Waals surface area contributed by atoms with Gasteiger partial charge in [-0.25, -0.2) is 4.98 Å². The summed E-state index contributed by atoms with van der Waals surface area (Å²) >= 11 is 0. The average Bonchev–Trinajstić information content (AvgIpc) is 3.24. The summed E-state index contributed by atoms with van der Waals surface area (Å²) in [5.41, 5.74) is 1.61. The summed E-state index contributed by atoms with van der Waals surface area (Å²) in [7, 11) is 1.88. The molecule has 0 saturated heterocycles. The second-order valence-corrected chi connectivity index (χ2v) is 5.82. The number of rotatable bonds is 7. The summed E-state index contributed by atoms with van der Waals surface area (Å²) < 4.78 is 3.59. The van der Waals surface area contributed by atoms with Gasteiger partial charge in [0.2, 0.25) is 0 Å². The Hall–Kier alpha value is -2.93. The lowest BCUT2D eigenvalue weighted by Gasteiger charge is -2.20. The molecule has 0 unspecified atom stereocenters. The molecule has 3 aromatic rings. The van der Waals surface area contributed by atoms with Crippen LogP contribution in [0.4, 0.5) is 0 Å². The van der Waals surface area contributed by atoms with Gasteiger partial charge in [0.15, 0.2) is 0 Å². The Bertz CT molecular complexity index is 825. The molecule has 0 saturated carbocycles. The second kappa shape index (κ2) is 7.76. The zero-order valence-corrected chi connectivity index (χ0v) is 14.1. The first kappa shape index (κ1) is 16.9. The smallest absolute Gasteiger partial charge is 0.257 e. The quantitative estimate of drug-likeness (QED) is 0.704. The van der Waals surface area contributed by atoms with Gasteiger partial charge in [0.1, 0.15) is 5.82 Å². The van der Waals surface area contributed by atoms with E-state index in [4.69, 9.17) is 0 Å². The standard InChI is InChI=1S/C18H21N5O2/c1-21-8-7-19-17(21)14-22(9-10-24)18(25)16-11-20-23(13-16)12-15-5-3-2-4-6-15/h2-8,11,13,24H,9-10,12,14H2,1H3. The second-order valence-electron chi connectivity index (χ2n) is 5.82. The van der Waals surface area contributed by atoms with Crippen LogP contribution in [-0.4, -0.2) is 48.4 Å². The minimum absolute atomic E-state index is 0.103. The number of imidazole rings is 1. The normalized spacial score (nSPS) is 10.8. The zero-order valence-electron chi connectivity index (χ0n) is 14.1. The van der Waals surface area contributed by atoms with Gasteiger partial charge < -0.3 is 14.6 Å². The van der Waals surface area contributed by atoms with Gasteiger partial charge in [0.05, 0.1) is 31.5 Å². The topological polar surface area (TPSA) is 76.2 Å². The molecule has 1 aromatic carbocycles. The lowest BCUT2D eigenvalue weighted by molar-refractivity contribution is 0.0701. The maximum atomic E-state index is 12.8. The maximum absolute atomic E-state index is 12.8. The van der Waals surface area contributed by atoms with Crippen molar-refractivity contribution in [1.82, 2.24) is 24.2 Å². The van der Waals surface area contributed by atoms with Crippen molar-refractivity contribution in [2.45, 2.75) is 13.1 Å². The van der Waals surface area contributed by atoms with Gasteiger partial charge in [-0.2, -0.15) is 5.10 Å². The van der Waals surface area contributed by atoms with E-state index in [9.17, 15) is 9.90 Å². The van der Waals surface area contributed by atoms with Crippen LogP contribution in [-0.2, 0) is 20.1 Å². The molecule has 0 spiro atoms. The van der Waals surface area contributed by atoms with Crippen molar-refractivity contribution < 1.29 is 9.90 Å². The third-order valence-corrected chi connectivity index (χ3v) is 3.98. The van der Waals surface area contributed by atoms with E-state index in [0.717, 1.165) is 11.4 Å². The Labute approximate surface area is 146 Å². The monoisotopic (exact) mass is 339 g/mol. The molecule has 1 amide bonds. The Kier molecular flexibility index (Phi) is 5.25. The molecule has 0 aliphatic carbocycles. The summed E-state index contributed by atoms with van der Waals surface area (Å²) in [6, 6.07) is 9.94. The first-order chi connectivity index (χ1) is 12.2. The van der Waals surface area contributed by atoms with E-state index in [1.807, 2.05) is 48.1 Å². The molecular formula is C18H21N5O2. The molecule has 0 aliphatic heterocycles. The molecule has 2 heterocycles. The fourth-order valence-electron chi connectivity index (χ4n) is 2.61. The molecule has 7 nitrogen and oxygen atoms in total. The summed E-state index contributed by atoms with van der Waals surface area (Å²) in [5.74, 6) is 0.592. The van der Waals surface area contributed by atoms with Crippen LogP contribution in [0.2, 0.25) is 0 Å². The molecule has 25 heavy (non-hydrogen) atoms. The Morgan fingerprint density at radius 3 is 2.76 bits per heavy atom. The van der Waals surface area contributed by atoms with Gasteiger partial charge in [-0.05, 0) is 5.56 Å². The van der Waals surface area contributed by atoms with Crippen LogP contribution in [0.3, 0.4) is 0 Å². The first-order valence-corrected chi connectivity index (χ1v) is 8.10. The lowest BCUT2D eigenvalue weighted by atomic mass is 10.2. The number of benzene rings is 1. The number of aliphatic hydroxyl groups excluding tert-OH is 1. The van der Waals surface area contributed by atoms with Crippen LogP contribution in [0.1, 0.15) is 21.7 Å². The fourth-order valence-corrected chi connectivity index (χ4v) is 2.61. The molecule has 0 fully saturated rings. The zero-order chi connectivity index (χ0) is 17.6. The van der Waals surface area contributed by atoms with Crippen LogP contribution >= 0.6 is 0 Å². The Morgan fingerprint density at radius 2 is 2.08 bits per heavy atom. The van der Waals surface area contributed by atoms with Gasteiger partial charge in [0.25, 0.3) is 5.91 Å². The predicted molar refractivity (Wildman–Crippen MR) is 92.8 cm³/mol. The minimum atomic E-state index is -0.170. The molecular weight excluding hydrogens is 318 g/mol. The summed E-state index contributed by atoms with van der Waals surface area (Å²) in [6.45, 7) is 1.09. The van der Waals surface area contributed by atoms with Crippen molar-refractivity contribution in [2.24, 2.45) is 7.05 Å². The molecule has 3 rings (SSSR count). The Balaban J connectivity index is 1.72. The number of hydrogen-bond donors (Lipinski definition) is 1. The maximum Gasteiger partial charge on any atom is 0.257 e. The molecule has 1 N–H and O–H groups in total. The van der Waals surface area contributed by atoms with Gasteiger partial charge >= 0.3 is 0 Å². The third kappa shape index (κ3) is 4.13. The molecule has 0 bridgehead atoms. The number of amides is 1. The lowest BCUT2D eigenvalue weighted by Crippen LogP contribution is -2.33. The number of hydrogen-bond acceptors (Lipinski definition) is 4. The van der Waals surface area contributed by atoms with E-state index in [2.05, 4.69) is 10.1 Å². The highest BCUT2D eigenvalue weighted by Gasteiger charge is 2.19. The van der Waals surface area contributed by atoms with Crippen molar-refractivity contribution in [3.05, 3.63) is 72.1 Å². The summed E-state index contributed by atoms with van der Waals surface area (Å²) in [4.78, 5) is 18.6. The van der Waals surface area contributed by atoms with E-state index in [0.29, 0.717) is 18.7 Å². The van der Waals surface area contributed by atoms with Crippen molar-refractivity contribution in [3.8, 4) is 0 Å². The molecule has 0 atom stereocenters. The molecule has 2 aromatic heterocycles. The highest BCUT2D eigenvalue weighted by Crippen LogP contribution is 2.10. The molecule has 7 heteroatoms. The predicted octanol–water partition coefficient (Wildman–Crippen LogP) is 1.30. The third-order valence-electron chi connectivity index (χ3n) is 3.98. The number of carbonyl (C=O) groups excluding carboxylic acids is 1. The van der Waals surface area contributed by atoms with Gasteiger partial charge in [-0.15, -0.1) is 0 Å². The van der Waals surface area contributed by atoms with E-state index in [-0.39, 0.29) is 19.1 Å². The highest BCUT2D eigenvalue weighted by atomic mass is 16.3. The van der Waals surface area contributed by atoms with Crippen molar-refractivity contribution in [3.63, 3.8) is 0 Å². The van der Waals surface area contributed by atoms with Crippen molar-refractivity contribution in [2.75, 3.05) is 13.2 Å². The first-order valence-electron chi connectivity index (χ1n) is 8.10. The van der Waals surface area contributed by atoms with Crippen molar-refractivity contribution >= 4 is 5.91 Å². The van der Waals surface area contributed by atoms with Crippen LogP contribution in [0.25, 0.3) is 0 Å². The van der Waals surface area contributed by atoms with E-state index < -0.39 is 0 Å². The van der Waals surface area contributed by atoms with Gasteiger partial charge in [-0.1, -0.05) is 30.3 Å². The SMILES string of the molecule is Cn1ccnc1CN(CCO)C(=O)c1cnn(Cc2ccccc2)c1.